The van der Waals surface area contributed by atoms with Crippen LogP contribution >= 0.6 is 11.6 Å². The van der Waals surface area contributed by atoms with Gasteiger partial charge in [0.1, 0.15) is 12.4 Å². The van der Waals surface area contributed by atoms with Crippen LogP contribution in [0.1, 0.15) is 11.4 Å². The topological polar surface area (TPSA) is 62.1 Å². The van der Waals surface area contributed by atoms with Gasteiger partial charge in [-0.1, -0.05) is 17.7 Å². The predicted molar refractivity (Wildman–Crippen MR) is 86.1 cm³/mol. The van der Waals surface area contributed by atoms with Gasteiger partial charge in [-0.15, -0.1) is 0 Å². The highest BCUT2D eigenvalue weighted by Gasteiger charge is 2.35. The Morgan fingerprint density at radius 2 is 2.00 bits per heavy atom. The molecular formula is C16H12ClF3N4O2. The summed E-state index contributed by atoms with van der Waals surface area (Å²) in [6.07, 6.45) is -1.57. The molecule has 0 N–H and O–H groups in total. The van der Waals surface area contributed by atoms with Gasteiger partial charge in [-0.3, -0.25) is 4.98 Å². The van der Waals surface area contributed by atoms with E-state index in [0.717, 1.165) is 10.7 Å². The zero-order chi connectivity index (χ0) is 18.7. The van der Waals surface area contributed by atoms with Crippen molar-refractivity contribution >= 4 is 11.6 Å². The molecule has 3 aromatic rings. The molecule has 0 fully saturated rings. The normalized spacial score (nSPS) is 11.4. The number of nitrogens with zero attached hydrogens (tertiary/aromatic N) is 4. The van der Waals surface area contributed by atoms with E-state index in [1.165, 1.54) is 25.5 Å². The van der Waals surface area contributed by atoms with E-state index in [0.29, 0.717) is 16.5 Å². The maximum absolute atomic E-state index is 12.7. The number of halogens is 4. The molecule has 0 aliphatic rings. The molecule has 0 aromatic carbocycles. The predicted octanol–water partition coefficient (Wildman–Crippen LogP) is 4.25. The summed E-state index contributed by atoms with van der Waals surface area (Å²) in [6.45, 7) is 0.110. The molecule has 0 aliphatic heterocycles. The first-order chi connectivity index (χ1) is 12.3. The van der Waals surface area contributed by atoms with Crippen LogP contribution in [0.2, 0.25) is 5.02 Å². The molecule has 0 unspecified atom stereocenters. The number of hydrogen-bond donors (Lipinski definition) is 0. The number of aromatic nitrogens is 4. The molecule has 3 aromatic heterocycles. The van der Waals surface area contributed by atoms with Gasteiger partial charge >= 0.3 is 6.18 Å². The number of aryl methyl sites for hydroxylation is 1. The van der Waals surface area contributed by atoms with Crippen LogP contribution in [-0.4, -0.2) is 19.7 Å². The molecule has 0 saturated carbocycles. The average molecular weight is 385 g/mol. The lowest BCUT2D eigenvalue weighted by atomic mass is 10.3. The van der Waals surface area contributed by atoms with Gasteiger partial charge in [-0.05, 0) is 6.07 Å². The van der Waals surface area contributed by atoms with Crippen molar-refractivity contribution in [2.45, 2.75) is 12.8 Å². The van der Waals surface area contributed by atoms with Gasteiger partial charge in [0, 0.05) is 31.4 Å². The Morgan fingerprint density at radius 1 is 1.19 bits per heavy atom. The van der Waals surface area contributed by atoms with E-state index in [-0.39, 0.29) is 18.4 Å². The molecule has 0 bridgehead atoms. The number of rotatable bonds is 5. The van der Waals surface area contributed by atoms with E-state index < -0.39 is 11.9 Å². The van der Waals surface area contributed by atoms with Crippen molar-refractivity contribution in [3.05, 3.63) is 59.1 Å². The number of alkyl halides is 3. The fourth-order valence-corrected chi connectivity index (χ4v) is 2.18. The van der Waals surface area contributed by atoms with Gasteiger partial charge in [-0.25, -0.2) is 9.67 Å². The standard InChI is InChI=1S/C16H12ClF3N4O2/c1-24-15(6-13(23-24)16(18,19)20)26-14-4-2-3-11(22-14)9-25-12-5-10(17)7-21-8-12/h2-8H,9H2,1H3. The van der Waals surface area contributed by atoms with Crippen molar-refractivity contribution in [3.63, 3.8) is 0 Å². The van der Waals surface area contributed by atoms with Gasteiger partial charge in [0.2, 0.25) is 11.8 Å². The summed E-state index contributed by atoms with van der Waals surface area (Å²) in [5.74, 6) is 0.501. The summed E-state index contributed by atoms with van der Waals surface area (Å²) in [5, 5.41) is 3.81. The summed E-state index contributed by atoms with van der Waals surface area (Å²) >= 11 is 5.82. The molecule has 0 saturated heterocycles. The van der Waals surface area contributed by atoms with Crippen LogP contribution in [0.25, 0.3) is 0 Å². The van der Waals surface area contributed by atoms with Crippen LogP contribution in [0, 0.1) is 0 Å². The molecule has 0 aliphatic carbocycles. The zero-order valence-corrected chi connectivity index (χ0v) is 14.1. The summed E-state index contributed by atoms with van der Waals surface area (Å²) in [4.78, 5) is 8.09. The van der Waals surface area contributed by atoms with Crippen molar-refractivity contribution < 1.29 is 22.6 Å². The lowest BCUT2D eigenvalue weighted by molar-refractivity contribution is -0.141. The Labute approximate surface area is 151 Å². The smallest absolute Gasteiger partial charge is 0.435 e. The molecule has 0 spiro atoms. The van der Waals surface area contributed by atoms with Crippen molar-refractivity contribution in [1.82, 2.24) is 19.7 Å². The highest BCUT2D eigenvalue weighted by atomic mass is 35.5. The van der Waals surface area contributed by atoms with E-state index in [4.69, 9.17) is 21.1 Å². The van der Waals surface area contributed by atoms with Crippen molar-refractivity contribution in [3.8, 4) is 17.5 Å². The van der Waals surface area contributed by atoms with Gasteiger partial charge in [-0.2, -0.15) is 18.3 Å². The van der Waals surface area contributed by atoms with Crippen LogP contribution in [0.15, 0.2) is 42.7 Å². The fourth-order valence-electron chi connectivity index (χ4n) is 2.01. The first kappa shape index (κ1) is 18.0. The van der Waals surface area contributed by atoms with Crippen molar-refractivity contribution in [1.29, 1.82) is 0 Å². The highest BCUT2D eigenvalue weighted by Crippen LogP contribution is 2.31. The minimum absolute atomic E-state index is 0.0815. The Bertz CT molecular complexity index is 915. The molecule has 0 amide bonds. The van der Waals surface area contributed by atoms with Crippen molar-refractivity contribution in [2.24, 2.45) is 7.05 Å². The Morgan fingerprint density at radius 3 is 2.69 bits per heavy atom. The van der Waals surface area contributed by atoms with Gasteiger partial charge in [0.25, 0.3) is 0 Å². The second kappa shape index (κ2) is 7.20. The zero-order valence-electron chi connectivity index (χ0n) is 13.4. The Hall–Kier alpha value is -2.81. The average Bonchev–Trinajstić information content (AvgIpc) is 2.95. The van der Waals surface area contributed by atoms with Gasteiger partial charge in [0.05, 0.1) is 16.9 Å². The summed E-state index contributed by atoms with van der Waals surface area (Å²) in [5.41, 5.74) is -0.524. The number of ether oxygens (including phenoxy) is 2. The third-order valence-electron chi connectivity index (χ3n) is 3.18. The molecule has 0 radical (unpaired) electrons. The SMILES string of the molecule is Cn1nc(C(F)(F)F)cc1Oc1cccc(COc2cncc(Cl)c2)n1. The minimum atomic E-state index is -4.55. The third-order valence-corrected chi connectivity index (χ3v) is 3.39. The van der Waals surface area contributed by atoms with Crippen LogP contribution < -0.4 is 9.47 Å². The largest absolute Gasteiger partial charge is 0.486 e. The Kier molecular flexibility index (Phi) is 4.99. The van der Waals surface area contributed by atoms with E-state index in [9.17, 15) is 13.2 Å². The number of hydrogen-bond acceptors (Lipinski definition) is 5. The third kappa shape index (κ3) is 4.42. The van der Waals surface area contributed by atoms with E-state index >= 15 is 0 Å². The monoisotopic (exact) mass is 384 g/mol. The second-order valence-corrected chi connectivity index (χ2v) is 5.62. The van der Waals surface area contributed by atoms with Gasteiger partial charge < -0.3 is 9.47 Å². The number of pyridine rings is 2. The first-order valence-corrected chi connectivity index (χ1v) is 7.67. The van der Waals surface area contributed by atoms with Crippen LogP contribution in [0.3, 0.4) is 0 Å². The molecular weight excluding hydrogens is 373 g/mol. The quantitative estimate of drug-likeness (QED) is 0.658. The summed E-state index contributed by atoms with van der Waals surface area (Å²) in [6, 6.07) is 7.27. The lowest BCUT2D eigenvalue weighted by Gasteiger charge is -2.08. The van der Waals surface area contributed by atoms with Crippen LogP contribution in [0.4, 0.5) is 13.2 Å². The maximum Gasteiger partial charge on any atom is 0.435 e. The molecule has 6 nitrogen and oxygen atoms in total. The molecule has 3 heterocycles. The molecule has 26 heavy (non-hydrogen) atoms. The summed E-state index contributed by atoms with van der Waals surface area (Å²) < 4.78 is 50.0. The molecule has 10 heteroatoms. The van der Waals surface area contributed by atoms with Gasteiger partial charge in [0.15, 0.2) is 5.69 Å². The maximum atomic E-state index is 12.7. The molecule has 136 valence electrons. The molecule has 3 rings (SSSR count). The van der Waals surface area contributed by atoms with E-state index in [1.54, 1.807) is 18.2 Å². The fraction of sp³-hybridized carbons (Fsp3) is 0.188. The Balaban J connectivity index is 1.70. The van der Waals surface area contributed by atoms with Crippen molar-refractivity contribution in [2.75, 3.05) is 0 Å². The lowest BCUT2D eigenvalue weighted by Crippen LogP contribution is -2.06. The first-order valence-electron chi connectivity index (χ1n) is 7.29. The van der Waals surface area contributed by atoms with E-state index in [2.05, 4.69) is 15.1 Å². The van der Waals surface area contributed by atoms with E-state index in [1.807, 2.05) is 0 Å². The highest BCUT2D eigenvalue weighted by molar-refractivity contribution is 6.30. The van der Waals surface area contributed by atoms with Crippen LogP contribution in [0.5, 0.6) is 17.5 Å². The van der Waals surface area contributed by atoms with Crippen LogP contribution in [-0.2, 0) is 19.8 Å². The minimum Gasteiger partial charge on any atom is -0.486 e. The summed E-state index contributed by atoms with van der Waals surface area (Å²) in [7, 11) is 1.35. The molecule has 0 atom stereocenters. The second-order valence-electron chi connectivity index (χ2n) is 5.19.